The van der Waals surface area contributed by atoms with Gasteiger partial charge in [-0.1, -0.05) is 79.2 Å². The highest BCUT2D eigenvalue weighted by molar-refractivity contribution is 8.00. The van der Waals surface area contributed by atoms with Crippen LogP contribution in [0.3, 0.4) is 0 Å². The fourth-order valence-corrected chi connectivity index (χ4v) is 6.12. The van der Waals surface area contributed by atoms with Crippen molar-refractivity contribution in [3.63, 3.8) is 0 Å². The lowest BCUT2D eigenvalue weighted by Gasteiger charge is -2.24. The van der Waals surface area contributed by atoms with E-state index < -0.39 is 0 Å². The molecule has 5 rings (SSSR count). The predicted octanol–water partition coefficient (Wildman–Crippen LogP) is 6.24. The quantitative estimate of drug-likeness (QED) is 0.302. The zero-order valence-corrected chi connectivity index (χ0v) is 23.7. The molecule has 2 unspecified atom stereocenters. The van der Waals surface area contributed by atoms with Crippen molar-refractivity contribution in [2.45, 2.75) is 45.4 Å². The number of nitrogens with zero attached hydrogens (tertiary/aromatic N) is 3. The molecule has 2 heterocycles. The normalized spacial score (nSPS) is 15.9. The van der Waals surface area contributed by atoms with E-state index in [-0.39, 0.29) is 35.4 Å². The van der Waals surface area contributed by atoms with Crippen LogP contribution < -0.4 is 10.2 Å². The van der Waals surface area contributed by atoms with Crippen LogP contribution >= 0.6 is 11.8 Å². The highest BCUT2D eigenvalue weighted by atomic mass is 32.2. The number of nitrogens with one attached hydrogen (secondary N) is 1. The van der Waals surface area contributed by atoms with Crippen LogP contribution in [0.15, 0.2) is 78.9 Å². The fourth-order valence-electron chi connectivity index (χ4n) is 4.93. The smallest absolute Gasteiger partial charge is 0.240 e. The van der Waals surface area contributed by atoms with Gasteiger partial charge in [0.2, 0.25) is 11.8 Å². The van der Waals surface area contributed by atoms with Crippen LogP contribution in [0, 0.1) is 13.8 Å². The Balaban J connectivity index is 1.78. The van der Waals surface area contributed by atoms with Crippen LogP contribution in [0.5, 0.6) is 0 Å². The topological polar surface area (TPSA) is 67.2 Å². The average Bonchev–Trinajstić information content (AvgIpc) is 3.26. The summed E-state index contributed by atoms with van der Waals surface area (Å²) in [4.78, 5) is 28.6. The summed E-state index contributed by atoms with van der Waals surface area (Å²) in [5.74, 6) is 0.622. The van der Waals surface area contributed by atoms with E-state index in [2.05, 4.69) is 42.6 Å². The van der Waals surface area contributed by atoms with Crippen molar-refractivity contribution in [2.75, 3.05) is 17.2 Å². The molecule has 2 atom stereocenters. The molecule has 0 saturated heterocycles. The van der Waals surface area contributed by atoms with Gasteiger partial charge in [0, 0.05) is 17.2 Å². The molecule has 1 aromatic heterocycles. The van der Waals surface area contributed by atoms with Gasteiger partial charge in [0.15, 0.2) is 0 Å². The molecule has 200 valence electrons. The van der Waals surface area contributed by atoms with E-state index in [1.54, 1.807) is 16.7 Å². The number of benzene rings is 3. The van der Waals surface area contributed by atoms with Crippen LogP contribution in [0.1, 0.15) is 47.8 Å². The molecular formula is C32H34N4O2S. The number of carbonyl (C=O) groups is 2. The van der Waals surface area contributed by atoms with Gasteiger partial charge in [0.1, 0.15) is 12.4 Å². The Bertz CT molecular complexity index is 1500. The molecule has 4 aromatic rings. The zero-order valence-electron chi connectivity index (χ0n) is 22.8. The first kappa shape index (κ1) is 26.8. The Hall–Kier alpha value is -3.84. The average molecular weight is 539 g/mol. The molecule has 0 fully saturated rings. The molecule has 6 nitrogen and oxygen atoms in total. The number of hydrogen-bond acceptors (Lipinski definition) is 4. The molecule has 39 heavy (non-hydrogen) atoms. The van der Waals surface area contributed by atoms with Crippen molar-refractivity contribution in [3.8, 4) is 16.9 Å². The number of aromatic nitrogens is 2. The minimum absolute atomic E-state index is 0.0232. The maximum Gasteiger partial charge on any atom is 0.240 e. The van der Waals surface area contributed by atoms with Crippen LogP contribution in [0.4, 0.5) is 5.82 Å². The van der Waals surface area contributed by atoms with Gasteiger partial charge in [0.25, 0.3) is 0 Å². The lowest BCUT2D eigenvalue weighted by molar-refractivity contribution is -0.123. The van der Waals surface area contributed by atoms with Gasteiger partial charge in [-0.2, -0.15) is 5.10 Å². The summed E-state index contributed by atoms with van der Waals surface area (Å²) in [5, 5.41) is 8.06. The van der Waals surface area contributed by atoms with Crippen LogP contribution in [0.25, 0.3) is 16.9 Å². The van der Waals surface area contributed by atoms with Crippen molar-refractivity contribution in [1.29, 1.82) is 0 Å². The predicted molar refractivity (Wildman–Crippen MR) is 159 cm³/mol. The number of thioether (sulfide) groups is 1. The second kappa shape index (κ2) is 11.5. The first-order chi connectivity index (χ1) is 18.9. The largest absolute Gasteiger partial charge is 0.352 e. The first-order valence-electron chi connectivity index (χ1n) is 13.4. The van der Waals surface area contributed by atoms with Gasteiger partial charge in [0.05, 0.1) is 22.4 Å². The van der Waals surface area contributed by atoms with E-state index >= 15 is 0 Å². The maximum atomic E-state index is 13.8. The highest BCUT2D eigenvalue weighted by Crippen LogP contribution is 2.48. The Kier molecular flexibility index (Phi) is 7.89. The van der Waals surface area contributed by atoms with Crippen LogP contribution in [-0.2, 0) is 9.59 Å². The van der Waals surface area contributed by atoms with Crippen molar-refractivity contribution in [1.82, 2.24) is 15.1 Å². The van der Waals surface area contributed by atoms with Crippen molar-refractivity contribution in [3.05, 3.63) is 101 Å². The molecule has 2 amide bonds. The molecule has 1 aliphatic heterocycles. The molecule has 3 aromatic carbocycles. The van der Waals surface area contributed by atoms with Crippen LogP contribution in [-0.4, -0.2) is 39.9 Å². The Morgan fingerprint density at radius 3 is 2.44 bits per heavy atom. The third kappa shape index (κ3) is 5.64. The van der Waals surface area contributed by atoms with E-state index in [1.165, 1.54) is 0 Å². The molecule has 7 heteroatoms. The second-order valence-electron chi connectivity index (χ2n) is 10.2. The number of hydrogen-bond donors (Lipinski definition) is 1. The minimum Gasteiger partial charge on any atom is -0.352 e. The Morgan fingerprint density at radius 2 is 1.74 bits per heavy atom. The highest BCUT2D eigenvalue weighted by Gasteiger charge is 2.37. The summed E-state index contributed by atoms with van der Waals surface area (Å²) >= 11 is 1.59. The summed E-state index contributed by atoms with van der Waals surface area (Å²) in [6.07, 6.45) is 0.815. The molecule has 0 bridgehead atoms. The number of rotatable bonds is 7. The molecule has 0 spiro atoms. The van der Waals surface area contributed by atoms with Crippen molar-refractivity contribution >= 4 is 29.4 Å². The fraction of sp³-hybridized carbons (Fsp3) is 0.281. The number of anilines is 1. The van der Waals surface area contributed by atoms with E-state index in [4.69, 9.17) is 5.10 Å². The van der Waals surface area contributed by atoms with E-state index in [0.717, 1.165) is 45.6 Å². The standard InChI is InChI=1S/C32H34N4O2S/c1-5-23(4)33-27(37)19-35-28(38)20-39-31(25-15-9-11-21(2)17-25)29-30(24-13-7-6-8-14-24)34-36(32(29)35)26-16-10-12-22(3)18-26/h6-18,23,31H,5,19-20H2,1-4H3,(H,33,37). The van der Waals surface area contributed by atoms with Gasteiger partial charge in [-0.3, -0.25) is 14.5 Å². The van der Waals surface area contributed by atoms with Gasteiger partial charge in [-0.05, 0) is 50.5 Å². The third-order valence-corrected chi connectivity index (χ3v) is 8.30. The van der Waals surface area contributed by atoms with Crippen LogP contribution in [0.2, 0.25) is 0 Å². The number of carbonyl (C=O) groups excluding carboxylic acids is 2. The summed E-state index contributed by atoms with van der Waals surface area (Å²) in [6, 6.07) is 26.6. The number of aryl methyl sites for hydroxylation is 2. The Labute approximate surface area is 234 Å². The summed E-state index contributed by atoms with van der Waals surface area (Å²) in [5.41, 5.74) is 6.93. The molecule has 1 aliphatic rings. The van der Waals surface area contributed by atoms with Gasteiger partial charge in [-0.25, -0.2) is 4.68 Å². The molecule has 0 aliphatic carbocycles. The van der Waals surface area contributed by atoms with E-state index in [9.17, 15) is 9.59 Å². The van der Waals surface area contributed by atoms with Crippen molar-refractivity contribution < 1.29 is 9.59 Å². The second-order valence-corrected chi connectivity index (χ2v) is 11.3. The van der Waals surface area contributed by atoms with E-state index in [0.29, 0.717) is 5.82 Å². The SMILES string of the molecule is CCC(C)NC(=O)CN1C(=O)CSC(c2cccc(C)c2)c2c(-c3ccccc3)nn(-c3cccc(C)c3)c21. The Morgan fingerprint density at radius 1 is 1.03 bits per heavy atom. The zero-order chi connectivity index (χ0) is 27.5. The molecular weight excluding hydrogens is 504 g/mol. The molecule has 0 saturated carbocycles. The van der Waals surface area contributed by atoms with Gasteiger partial charge in [-0.15, -0.1) is 11.8 Å². The van der Waals surface area contributed by atoms with Crippen molar-refractivity contribution in [2.24, 2.45) is 0 Å². The summed E-state index contributed by atoms with van der Waals surface area (Å²) < 4.78 is 1.85. The third-order valence-electron chi connectivity index (χ3n) is 7.05. The van der Waals surface area contributed by atoms with E-state index in [1.807, 2.05) is 74.0 Å². The maximum absolute atomic E-state index is 13.8. The first-order valence-corrected chi connectivity index (χ1v) is 14.4. The number of amides is 2. The van der Waals surface area contributed by atoms with Gasteiger partial charge >= 0.3 is 0 Å². The summed E-state index contributed by atoms with van der Waals surface area (Å²) in [7, 11) is 0. The lowest BCUT2D eigenvalue weighted by atomic mass is 9.98. The van der Waals surface area contributed by atoms with Gasteiger partial charge < -0.3 is 5.32 Å². The minimum atomic E-state index is -0.180. The molecule has 1 N–H and O–H groups in total. The summed E-state index contributed by atoms with van der Waals surface area (Å²) in [6.45, 7) is 8.06. The number of fused-ring (bicyclic) bond motifs is 1. The molecule has 0 radical (unpaired) electrons. The lowest BCUT2D eigenvalue weighted by Crippen LogP contribution is -2.44. The monoisotopic (exact) mass is 538 g/mol.